The number of halogens is 1. The van der Waals surface area contributed by atoms with Crippen molar-refractivity contribution in [1.29, 1.82) is 0 Å². The standard InChI is InChI=1S/C23H27N5O2.HI/c1-2-24-23(27-19-9-10-20-21(15-19)30-14-6-13-29-20)26-16-22-25-11-12-28(22)17-18-7-4-3-5-8-18;/h3-5,7-12,15H,2,6,13-14,16-17H2,1H3,(H2,24,26,27);1H. The number of aromatic nitrogens is 2. The zero-order valence-corrected chi connectivity index (χ0v) is 19.9. The van der Waals surface area contributed by atoms with Crippen LogP contribution in [0.2, 0.25) is 0 Å². The van der Waals surface area contributed by atoms with Crippen LogP contribution in [0.4, 0.5) is 5.69 Å². The average molecular weight is 533 g/mol. The van der Waals surface area contributed by atoms with Crippen molar-refractivity contribution in [2.45, 2.75) is 26.4 Å². The molecule has 0 spiro atoms. The molecule has 2 N–H and O–H groups in total. The molecule has 3 aromatic rings. The molecular formula is C23H28IN5O2. The molecule has 164 valence electrons. The van der Waals surface area contributed by atoms with Crippen molar-refractivity contribution in [2.24, 2.45) is 4.99 Å². The summed E-state index contributed by atoms with van der Waals surface area (Å²) in [6, 6.07) is 16.2. The first-order valence-electron chi connectivity index (χ1n) is 10.3. The summed E-state index contributed by atoms with van der Waals surface area (Å²) < 4.78 is 13.6. The molecule has 0 bridgehead atoms. The Labute approximate surface area is 199 Å². The lowest BCUT2D eigenvalue weighted by Crippen LogP contribution is -2.30. The molecule has 1 aliphatic rings. The fraction of sp³-hybridized carbons (Fsp3) is 0.304. The number of anilines is 1. The van der Waals surface area contributed by atoms with Crippen molar-refractivity contribution in [3.63, 3.8) is 0 Å². The number of hydrogen-bond donors (Lipinski definition) is 2. The number of hydrogen-bond acceptors (Lipinski definition) is 4. The monoisotopic (exact) mass is 533 g/mol. The Hall–Kier alpha value is -2.75. The Morgan fingerprint density at radius 3 is 2.71 bits per heavy atom. The highest BCUT2D eigenvalue weighted by Crippen LogP contribution is 2.32. The van der Waals surface area contributed by atoms with E-state index in [4.69, 9.17) is 14.5 Å². The first-order chi connectivity index (χ1) is 14.8. The SMILES string of the molecule is CCNC(=NCc1nccn1Cc1ccccc1)Nc1ccc2c(c1)OCCCO2.I. The fourth-order valence-electron chi connectivity index (χ4n) is 3.25. The highest BCUT2D eigenvalue weighted by atomic mass is 127. The summed E-state index contributed by atoms with van der Waals surface area (Å²) in [5, 5.41) is 6.63. The molecule has 0 saturated carbocycles. The minimum atomic E-state index is 0. The number of nitrogens with one attached hydrogen (secondary N) is 2. The minimum absolute atomic E-state index is 0. The predicted octanol–water partition coefficient (Wildman–Crippen LogP) is 4.29. The van der Waals surface area contributed by atoms with Gasteiger partial charge in [0.25, 0.3) is 0 Å². The van der Waals surface area contributed by atoms with Gasteiger partial charge < -0.3 is 24.7 Å². The van der Waals surface area contributed by atoms with Crippen molar-refractivity contribution in [2.75, 3.05) is 25.1 Å². The van der Waals surface area contributed by atoms with E-state index >= 15 is 0 Å². The number of rotatable bonds is 6. The Morgan fingerprint density at radius 2 is 1.90 bits per heavy atom. The van der Waals surface area contributed by atoms with Crippen molar-refractivity contribution < 1.29 is 9.47 Å². The Balaban J connectivity index is 0.00000272. The van der Waals surface area contributed by atoms with Crippen LogP contribution in [-0.4, -0.2) is 35.3 Å². The van der Waals surface area contributed by atoms with Crippen molar-refractivity contribution in [3.05, 3.63) is 72.3 Å². The molecule has 0 fully saturated rings. The zero-order chi connectivity index (χ0) is 20.6. The van der Waals surface area contributed by atoms with Gasteiger partial charge in [-0.05, 0) is 24.6 Å². The maximum Gasteiger partial charge on any atom is 0.196 e. The van der Waals surface area contributed by atoms with Crippen LogP contribution in [0, 0.1) is 0 Å². The van der Waals surface area contributed by atoms with Gasteiger partial charge in [0.05, 0.1) is 13.2 Å². The van der Waals surface area contributed by atoms with Crippen molar-refractivity contribution in [3.8, 4) is 11.5 Å². The van der Waals surface area contributed by atoms with Gasteiger partial charge in [-0.1, -0.05) is 30.3 Å². The van der Waals surface area contributed by atoms with Crippen LogP contribution in [-0.2, 0) is 13.1 Å². The second kappa shape index (κ2) is 11.6. The molecule has 31 heavy (non-hydrogen) atoms. The van der Waals surface area contributed by atoms with Gasteiger partial charge in [0.2, 0.25) is 0 Å². The van der Waals surface area contributed by atoms with Gasteiger partial charge in [0.1, 0.15) is 12.4 Å². The summed E-state index contributed by atoms with van der Waals surface area (Å²) in [6.45, 7) is 5.39. The van der Waals surface area contributed by atoms with Gasteiger partial charge >= 0.3 is 0 Å². The number of imidazole rings is 1. The van der Waals surface area contributed by atoms with E-state index in [0.717, 1.165) is 42.5 Å². The second-order valence-electron chi connectivity index (χ2n) is 6.99. The molecule has 2 heterocycles. The van der Waals surface area contributed by atoms with Crippen LogP contribution >= 0.6 is 24.0 Å². The number of ether oxygens (including phenoxy) is 2. The van der Waals surface area contributed by atoms with Gasteiger partial charge in [-0.15, -0.1) is 24.0 Å². The van der Waals surface area contributed by atoms with Crippen molar-refractivity contribution >= 4 is 35.6 Å². The van der Waals surface area contributed by atoms with E-state index in [-0.39, 0.29) is 24.0 Å². The van der Waals surface area contributed by atoms with Gasteiger partial charge in [0, 0.05) is 43.7 Å². The lowest BCUT2D eigenvalue weighted by Gasteiger charge is -2.14. The number of guanidine groups is 1. The van der Waals surface area contributed by atoms with E-state index in [1.165, 1.54) is 5.56 Å². The molecule has 8 heteroatoms. The maximum atomic E-state index is 5.78. The minimum Gasteiger partial charge on any atom is -0.490 e. The summed E-state index contributed by atoms with van der Waals surface area (Å²) >= 11 is 0. The summed E-state index contributed by atoms with van der Waals surface area (Å²) in [7, 11) is 0. The van der Waals surface area contributed by atoms with Crippen LogP contribution in [0.3, 0.4) is 0 Å². The summed E-state index contributed by atoms with van der Waals surface area (Å²) in [4.78, 5) is 9.21. The molecule has 4 rings (SSSR count). The van der Waals surface area contributed by atoms with E-state index in [1.807, 2.05) is 55.7 Å². The number of benzene rings is 2. The third kappa shape index (κ3) is 6.36. The third-order valence-corrected chi connectivity index (χ3v) is 4.73. The largest absolute Gasteiger partial charge is 0.490 e. The molecule has 7 nitrogen and oxygen atoms in total. The number of aliphatic imine (C=N–C) groups is 1. The summed E-state index contributed by atoms with van der Waals surface area (Å²) in [6.07, 6.45) is 4.69. The average Bonchev–Trinajstić information content (AvgIpc) is 3.07. The molecule has 2 aromatic carbocycles. The summed E-state index contributed by atoms with van der Waals surface area (Å²) in [5.74, 6) is 3.14. The zero-order valence-electron chi connectivity index (χ0n) is 17.6. The van der Waals surface area contributed by atoms with Crippen molar-refractivity contribution in [1.82, 2.24) is 14.9 Å². The molecule has 0 amide bonds. The molecule has 0 unspecified atom stereocenters. The Bertz CT molecular complexity index is 991. The predicted molar refractivity (Wildman–Crippen MR) is 134 cm³/mol. The highest BCUT2D eigenvalue weighted by molar-refractivity contribution is 14.0. The highest BCUT2D eigenvalue weighted by Gasteiger charge is 2.11. The van der Waals surface area contributed by atoms with E-state index in [9.17, 15) is 0 Å². The second-order valence-corrected chi connectivity index (χ2v) is 6.99. The Morgan fingerprint density at radius 1 is 1.10 bits per heavy atom. The van der Waals surface area contributed by atoms with Crippen LogP contribution in [0.1, 0.15) is 24.7 Å². The van der Waals surface area contributed by atoms with Crippen LogP contribution in [0.15, 0.2) is 65.9 Å². The molecular weight excluding hydrogens is 505 g/mol. The maximum absolute atomic E-state index is 5.78. The van der Waals surface area contributed by atoms with Gasteiger partial charge in [-0.2, -0.15) is 0 Å². The van der Waals surface area contributed by atoms with Crippen LogP contribution in [0.5, 0.6) is 11.5 Å². The van der Waals surface area contributed by atoms with Gasteiger partial charge in [-0.3, -0.25) is 0 Å². The van der Waals surface area contributed by atoms with E-state index in [2.05, 4.69) is 32.3 Å². The molecule has 0 saturated heterocycles. The van der Waals surface area contributed by atoms with E-state index in [0.29, 0.717) is 25.7 Å². The molecule has 0 radical (unpaired) electrons. The lowest BCUT2D eigenvalue weighted by atomic mass is 10.2. The summed E-state index contributed by atoms with van der Waals surface area (Å²) in [5.41, 5.74) is 2.13. The van der Waals surface area contributed by atoms with Crippen LogP contribution in [0.25, 0.3) is 0 Å². The number of nitrogens with zero attached hydrogens (tertiary/aromatic N) is 3. The third-order valence-electron chi connectivity index (χ3n) is 4.73. The Kier molecular flexibility index (Phi) is 8.57. The molecule has 0 atom stereocenters. The van der Waals surface area contributed by atoms with Gasteiger partial charge in [-0.25, -0.2) is 9.98 Å². The van der Waals surface area contributed by atoms with Crippen LogP contribution < -0.4 is 20.1 Å². The normalized spacial score (nSPS) is 13.1. The number of fused-ring (bicyclic) bond motifs is 1. The first kappa shape index (κ1) is 22.9. The fourth-order valence-corrected chi connectivity index (χ4v) is 3.25. The lowest BCUT2D eigenvalue weighted by molar-refractivity contribution is 0.297. The smallest absolute Gasteiger partial charge is 0.196 e. The van der Waals surface area contributed by atoms with Gasteiger partial charge in [0.15, 0.2) is 17.5 Å². The topological polar surface area (TPSA) is 72.7 Å². The first-order valence-corrected chi connectivity index (χ1v) is 10.3. The molecule has 0 aliphatic carbocycles. The quantitative estimate of drug-likeness (QED) is 0.281. The van der Waals surface area contributed by atoms with E-state index < -0.39 is 0 Å². The van der Waals surface area contributed by atoms with E-state index in [1.54, 1.807) is 0 Å². The molecule has 1 aromatic heterocycles. The molecule has 1 aliphatic heterocycles.